The first kappa shape index (κ1) is 11.4. The van der Waals surface area contributed by atoms with Crippen LogP contribution in [0, 0.1) is 6.92 Å². The van der Waals surface area contributed by atoms with Gasteiger partial charge in [-0.2, -0.15) is 0 Å². The molecular weight excluding hydrogens is 240 g/mol. The van der Waals surface area contributed by atoms with Gasteiger partial charge in [0, 0.05) is 5.41 Å². The second-order valence-corrected chi connectivity index (χ2v) is 5.90. The van der Waals surface area contributed by atoms with Gasteiger partial charge in [0.2, 0.25) is 0 Å². The molecule has 2 heteroatoms. The molecule has 1 nitrogen and oxygen atoms in total. The van der Waals surface area contributed by atoms with Gasteiger partial charge in [-0.25, -0.2) is 0 Å². The molecule has 1 aliphatic rings. The summed E-state index contributed by atoms with van der Waals surface area (Å²) in [5.41, 5.74) is 4.69. The molecule has 18 heavy (non-hydrogen) atoms. The highest BCUT2D eigenvalue weighted by Crippen LogP contribution is 2.36. The first-order chi connectivity index (χ1) is 8.77. The molecule has 0 radical (unpaired) electrons. The SMILES string of the molecule is Cc1ccccc1C1c2ccccc2C=CS1=O. The molecule has 1 aliphatic heterocycles. The predicted octanol–water partition coefficient (Wildman–Crippen LogP) is 3.82. The Morgan fingerprint density at radius 1 is 0.944 bits per heavy atom. The highest BCUT2D eigenvalue weighted by Gasteiger charge is 2.25. The van der Waals surface area contributed by atoms with E-state index in [1.807, 2.05) is 30.3 Å². The fraction of sp³-hybridized carbons (Fsp3) is 0.125. The molecule has 90 valence electrons. The number of hydrogen-bond donors (Lipinski definition) is 0. The molecule has 2 aromatic carbocycles. The van der Waals surface area contributed by atoms with Gasteiger partial charge in [0.05, 0.1) is 16.0 Å². The van der Waals surface area contributed by atoms with E-state index in [1.54, 1.807) is 5.41 Å². The van der Waals surface area contributed by atoms with Gasteiger partial charge in [-0.05, 0) is 35.3 Å². The Hall–Kier alpha value is -1.67. The molecule has 2 unspecified atom stereocenters. The Bertz CT molecular complexity index is 643. The Morgan fingerprint density at radius 3 is 2.39 bits per heavy atom. The molecule has 0 N–H and O–H groups in total. The van der Waals surface area contributed by atoms with Crippen molar-refractivity contribution in [3.8, 4) is 0 Å². The quantitative estimate of drug-likeness (QED) is 0.756. The zero-order valence-electron chi connectivity index (χ0n) is 10.2. The highest BCUT2D eigenvalue weighted by molar-refractivity contribution is 7.88. The van der Waals surface area contributed by atoms with Gasteiger partial charge in [-0.3, -0.25) is 4.21 Å². The lowest BCUT2D eigenvalue weighted by atomic mass is 9.96. The lowest BCUT2D eigenvalue weighted by molar-refractivity contribution is 0.683. The van der Waals surface area contributed by atoms with Gasteiger partial charge in [0.25, 0.3) is 0 Å². The molecule has 0 aliphatic carbocycles. The first-order valence-electron chi connectivity index (χ1n) is 5.99. The smallest absolute Gasteiger partial charge is 0.0895 e. The second kappa shape index (κ2) is 4.54. The van der Waals surface area contributed by atoms with Crippen molar-refractivity contribution < 1.29 is 4.21 Å². The molecule has 2 aromatic rings. The van der Waals surface area contributed by atoms with E-state index in [1.165, 1.54) is 11.1 Å². The Labute approximate surface area is 110 Å². The van der Waals surface area contributed by atoms with E-state index in [4.69, 9.17) is 0 Å². The van der Waals surface area contributed by atoms with Crippen LogP contribution in [0.2, 0.25) is 0 Å². The van der Waals surface area contributed by atoms with Crippen LogP contribution in [0.15, 0.2) is 53.9 Å². The standard InChI is InChI=1S/C16H14OS/c1-12-6-2-4-8-14(12)16-15-9-5-3-7-13(15)10-11-18(16)17/h2-11,16H,1H3. The molecule has 0 fully saturated rings. The minimum atomic E-state index is -0.981. The number of fused-ring (bicyclic) bond motifs is 1. The van der Waals surface area contributed by atoms with Gasteiger partial charge < -0.3 is 0 Å². The Morgan fingerprint density at radius 2 is 1.61 bits per heavy atom. The molecule has 2 atom stereocenters. The second-order valence-electron chi connectivity index (χ2n) is 4.50. The van der Waals surface area contributed by atoms with E-state index < -0.39 is 10.8 Å². The minimum absolute atomic E-state index is 0.0348. The third-order valence-corrected chi connectivity index (χ3v) is 4.74. The summed E-state index contributed by atoms with van der Waals surface area (Å²) in [6.07, 6.45) is 1.96. The van der Waals surface area contributed by atoms with Crippen LogP contribution in [0.25, 0.3) is 6.08 Å². The van der Waals surface area contributed by atoms with Crippen LogP contribution in [0.1, 0.15) is 27.5 Å². The molecule has 0 amide bonds. The largest absolute Gasteiger partial charge is 0.254 e. The third kappa shape index (κ3) is 1.83. The van der Waals surface area contributed by atoms with Crippen molar-refractivity contribution in [1.82, 2.24) is 0 Å². The van der Waals surface area contributed by atoms with Gasteiger partial charge in [0.1, 0.15) is 0 Å². The zero-order valence-corrected chi connectivity index (χ0v) is 11.0. The molecule has 1 heterocycles. The van der Waals surface area contributed by atoms with Crippen molar-refractivity contribution in [2.45, 2.75) is 12.2 Å². The van der Waals surface area contributed by atoms with Crippen LogP contribution in [0.3, 0.4) is 0 Å². The Kier molecular flexibility index (Phi) is 2.88. The molecular formula is C16H14OS. The molecule has 0 saturated carbocycles. The fourth-order valence-corrected chi connectivity index (χ4v) is 3.84. The van der Waals surface area contributed by atoms with Gasteiger partial charge in [-0.1, -0.05) is 48.5 Å². The lowest BCUT2D eigenvalue weighted by Crippen LogP contribution is -2.12. The van der Waals surface area contributed by atoms with Crippen LogP contribution < -0.4 is 0 Å². The monoisotopic (exact) mass is 254 g/mol. The average molecular weight is 254 g/mol. The average Bonchev–Trinajstić information content (AvgIpc) is 2.40. The predicted molar refractivity (Wildman–Crippen MR) is 76.6 cm³/mol. The summed E-state index contributed by atoms with van der Waals surface area (Å²) in [5.74, 6) is 0. The third-order valence-electron chi connectivity index (χ3n) is 3.36. The molecule has 0 bridgehead atoms. The van der Waals surface area contributed by atoms with Crippen LogP contribution in [0.5, 0.6) is 0 Å². The maximum Gasteiger partial charge on any atom is 0.0895 e. The van der Waals surface area contributed by atoms with E-state index in [-0.39, 0.29) is 5.25 Å². The van der Waals surface area contributed by atoms with Crippen molar-refractivity contribution in [2.24, 2.45) is 0 Å². The normalized spacial score (nSPS) is 21.6. The summed E-state index contributed by atoms with van der Waals surface area (Å²) in [7, 11) is -0.981. The number of hydrogen-bond acceptors (Lipinski definition) is 1. The number of rotatable bonds is 1. The number of aryl methyl sites for hydroxylation is 1. The molecule has 0 saturated heterocycles. The summed E-state index contributed by atoms with van der Waals surface area (Å²) >= 11 is 0. The topological polar surface area (TPSA) is 17.1 Å². The van der Waals surface area contributed by atoms with Gasteiger partial charge in [-0.15, -0.1) is 0 Å². The van der Waals surface area contributed by atoms with Crippen LogP contribution >= 0.6 is 0 Å². The number of benzene rings is 2. The molecule has 3 rings (SSSR count). The Balaban J connectivity index is 2.20. The molecule has 0 spiro atoms. The van der Waals surface area contributed by atoms with E-state index in [0.29, 0.717) is 0 Å². The van der Waals surface area contributed by atoms with Crippen LogP contribution in [-0.4, -0.2) is 4.21 Å². The lowest BCUT2D eigenvalue weighted by Gasteiger charge is -2.22. The van der Waals surface area contributed by atoms with Crippen molar-refractivity contribution in [3.63, 3.8) is 0 Å². The van der Waals surface area contributed by atoms with E-state index in [9.17, 15) is 4.21 Å². The first-order valence-corrected chi connectivity index (χ1v) is 7.27. The van der Waals surface area contributed by atoms with Crippen molar-refractivity contribution >= 4 is 16.9 Å². The van der Waals surface area contributed by atoms with Crippen molar-refractivity contribution in [2.75, 3.05) is 0 Å². The summed E-state index contributed by atoms with van der Waals surface area (Å²) < 4.78 is 12.3. The summed E-state index contributed by atoms with van der Waals surface area (Å²) in [6.45, 7) is 2.08. The fourth-order valence-electron chi connectivity index (χ4n) is 2.42. The van der Waals surface area contributed by atoms with Gasteiger partial charge in [0.15, 0.2) is 0 Å². The molecule has 0 aromatic heterocycles. The summed E-state index contributed by atoms with van der Waals surface area (Å²) in [4.78, 5) is 0. The summed E-state index contributed by atoms with van der Waals surface area (Å²) in [6, 6.07) is 16.4. The van der Waals surface area contributed by atoms with E-state index in [0.717, 1.165) is 11.1 Å². The van der Waals surface area contributed by atoms with Crippen LogP contribution in [-0.2, 0) is 10.8 Å². The van der Waals surface area contributed by atoms with Crippen molar-refractivity contribution in [1.29, 1.82) is 0 Å². The zero-order chi connectivity index (χ0) is 12.5. The minimum Gasteiger partial charge on any atom is -0.254 e. The summed E-state index contributed by atoms with van der Waals surface area (Å²) in [5, 5.41) is 1.77. The van der Waals surface area contributed by atoms with Gasteiger partial charge >= 0.3 is 0 Å². The highest BCUT2D eigenvalue weighted by atomic mass is 32.2. The van der Waals surface area contributed by atoms with E-state index >= 15 is 0 Å². The maximum absolute atomic E-state index is 12.3. The van der Waals surface area contributed by atoms with Crippen LogP contribution in [0.4, 0.5) is 0 Å². The van der Waals surface area contributed by atoms with Crippen molar-refractivity contribution in [3.05, 3.63) is 76.2 Å². The maximum atomic E-state index is 12.3. The van der Waals surface area contributed by atoms with E-state index in [2.05, 4.69) is 31.2 Å².